The third-order valence-electron chi connectivity index (χ3n) is 4.59. The molecule has 1 aliphatic rings. The summed E-state index contributed by atoms with van der Waals surface area (Å²) in [5.74, 6) is 0.212. The number of hydrogen-bond donors (Lipinski definition) is 0. The van der Waals surface area contributed by atoms with Gasteiger partial charge in [-0.25, -0.2) is 0 Å². The Labute approximate surface area is 161 Å². The lowest BCUT2D eigenvalue weighted by Gasteiger charge is -2.22. The number of anilines is 1. The van der Waals surface area contributed by atoms with Gasteiger partial charge in [-0.05, 0) is 23.8 Å². The molecule has 1 unspecified atom stereocenters. The second-order valence-electron chi connectivity index (χ2n) is 6.36. The van der Waals surface area contributed by atoms with E-state index in [2.05, 4.69) is 15.9 Å². The van der Waals surface area contributed by atoms with Gasteiger partial charge in [0.1, 0.15) is 5.75 Å². The predicted molar refractivity (Wildman–Crippen MR) is 104 cm³/mol. The molecule has 0 N–H and O–H groups in total. The first kappa shape index (κ1) is 18.5. The van der Waals surface area contributed by atoms with Crippen molar-refractivity contribution >= 4 is 33.4 Å². The fraction of sp³-hybridized carbons (Fsp3) is 0.300. The van der Waals surface area contributed by atoms with Crippen molar-refractivity contribution in [2.75, 3.05) is 25.6 Å². The van der Waals surface area contributed by atoms with E-state index in [9.17, 15) is 9.59 Å². The van der Waals surface area contributed by atoms with E-state index < -0.39 is 0 Å². The molecule has 5 nitrogen and oxygen atoms in total. The van der Waals surface area contributed by atoms with Crippen LogP contribution in [0, 0.1) is 5.92 Å². The van der Waals surface area contributed by atoms with Crippen LogP contribution < -0.4 is 9.64 Å². The van der Waals surface area contributed by atoms with Crippen molar-refractivity contribution in [2.24, 2.45) is 5.92 Å². The number of ether oxygens (including phenoxy) is 1. The molecule has 0 bridgehead atoms. The van der Waals surface area contributed by atoms with Crippen molar-refractivity contribution in [1.82, 2.24) is 4.90 Å². The van der Waals surface area contributed by atoms with Gasteiger partial charge in [0.15, 0.2) is 0 Å². The number of methoxy groups -OCH3 is 1. The number of halogens is 1. The molecular formula is C20H21BrN2O3. The number of para-hydroxylation sites is 2. The number of nitrogens with zero attached hydrogens (tertiary/aromatic N) is 2. The van der Waals surface area contributed by atoms with Crippen molar-refractivity contribution in [3.63, 3.8) is 0 Å². The maximum atomic E-state index is 12.8. The summed E-state index contributed by atoms with van der Waals surface area (Å²) in [6.07, 6.45) is 0.219. The van der Waals surface area contributed by atoms with Gasteiger partial charge in [-0.2, -0.15) is 0 Å². The van der Waals surface area contributed by atoms with Crippen LogP contribution in [-0.2, 0) is 16.1 Å². The van der Waals surface area contributed by atoms with Crippen LogP contribution in [-0.4, -0.2) is 37.4 Å². The van der Waals surface area contributed by atoms with Gasteiger partial charge < -0.3 is 14.5 Å². The molecule has 136 valence electrons. The highest BCUT2D eigenvalue weighted by Crippen LogP contribution is 2.33. The summed E-state index contributed by atoms with van der Waals surface area (Å²) < 4.78 is 6.32. The Kier molecular flexibility index (Phi) is 5.61. The first-order valence-electron chi connectivity index (χ1n) is 8.43. The Morgan fingerprint density at radius 2 is 1.92 bits per heavy atom. The van der Waals surface area contributed by atoms with Crippen LogP contribution in [0.4, 0.5) is 5.69 Å². The Hall–Kier alpha value is -2.34. The highest BCUT2D eigenvalue weighted by Gasteiger charge is 2.37. The molecule has 0 aromatic heterocycles. The number of amides is 2. The summed E-state index contributed by atoms with van der Waals surface area (Å²) in [6, 6.07) is 15.2. The van der Waals surface area contributed by atoms with E-state index in [1.807, 2.05) is 48.5 Å². The Morgan fingerprint density at radius 1 is 1.23 bits per heavy atom. The zero-order valence-electron chi connectivity index (χ0n) is 14.8. The molecule has 1 atom stereocenters. The first-order valence-corrected chi connectivity index (χ1v) is 9.22. The van der Waals surface area contributed by atoms with Gasteiger partial charge in [0.25, 0.3) is 0 Å². The van der Waals surface area contributed by atoms with E-state index in [4.69, 9.17) is 4.74 Å². The minimum atomic E-state index is -0.347. The van der Waals surface area contributed by atoms with Crippen LogP contribution in [0.5, 0.6) is 5.75 Å². The molecule has 1 heterocycles. The monoisotopic (exact) mass is 416 g/mol. The van der Waals surface area contributed by atoms with Crippen molar-refractivity contribution in [1.29, 1.82) is 0 Å². The Balaban J connectivity index is 1.71. The van der Waals surface area contributed by atoms with Gasteiger partial charge in [-0.15, -0.1) is 0 Å². The lowest BCUT2D eigenvalue weighted by atomic mass is 10.1. The molecule has 1 saturated heterocycles. The number of benzene rings is 2. The molecule has 2 amide bonds. The number of carbonyl (C=O) groups is 2. The van der Waals surface area contributed by atoms with Gasteiger partial charge in [0.2, 0.25) is 11.8 Å². The minimum Gasteiger partial charge on any atom is -0.495 e. The van der Waals surface area contributed by atoms with Crippen LogP contribution in [0.15, 0.2) is 53.0 Å². The van der Waals surface area contributed by atoms with Crippen LogP contribution in [0.2, 0.25) is 0 Å². The summed E-state index contributed by atoms with van der Waals surface area (Å²) in [6.45, 7) is 0.873. The third-order valence-corrected chi connectivity index (χ3v) is 5.37. The third kappa shape index (κ3) is 3.75. The first-order chi connectivity index (χ1) is 12.5. The van der Waals surface area contributed by atoms with Crippen molar-refractivity contribution < 1.29 is 14.3 Å². The van der Waals surface area contributed by atoms with Crippen molar-refractivity contribution in [2.45, 2.75) is 13.0 Å². The quantitative estimate of drug-likeness (QED) is 0.749. The second-order valence-corrected chi connectivity index (χ2v) is 7.22. The Bertz CT molecular complexity index is 824. The number of carbonyl (C=O) groups excluding carboxylic acids is 2. The SMILES string of the molecule is COc1ccccc1N1CC(C(=O)N(C)Cc2ccccc2Br)CC1=O. The summed E-state index contributed by atoms with van der Waals surface area (Å²) in [7, 11) is 3.35. The number of rotatable bonds is 5. The minimum absolute atomic E-state index is 0.0218. The van der Waals surface area contributed by atoms with E-state index in [-0.39, 0.29) is 24.2 Å². The lowest BCUT2D eigenvalue weighted by Crippen LogP contribution is -2.34. The van der Waals surface area contributed by atoms with E-state index in [1.165, 1.54) is 0 Å². The fourth-order valence-electron chi connectivity index (χ4n) is 3.23. The average molecular weight is 417 g/mol. The molecule has 6 heteroatoms. The largest absolute Gasteiger partial charge is 0.495 e. The molecule has 0 aliphatic carbocycles. The fourth-order valence-corrected chi connectivity index (χ4v) is 3.64. The lowest BCUT2D eigenvalue weighted by molar-refractivity contribution is -0.135. The van der Waals surface area contributed by atoms with Gasteiger partial charge >= 0.3 is 0 Å². The standard InChI is InChI=1S/C20H21BrN2O3/c1-22(12-14-7-3-4-8-16(14)21)20(25)15-11-19(24)23(13-15)17-9-5-6-10-18(17)26-2/h3-10,15H,11-13H2,1-2H3. The summed E-state index contributed by atoms with van der Waals surface area (Å²) in [5.41, 5.74) is 1.75. The predicted octanol–water partition coefficient (Wildman–Crippen LogP) is 3.47. The smallest absolute Gasteiger partial charge is 0.228 e. The van der Waals surface area contributed by atoms with Crippen molar-refractivity contribution in [3.8, 4) is 5.75 Å². The molecule has 1 fully saturated rings. The molecule has 0 radical (unpaired) electrons. The van der Waals surface area contributed by atoms with Crippen LogP contribution in [0.3, 0.4) is 0 Å². The summed E-state index contributed by atoms with van der Waals surface area (Å²) in [5, 5.41) is 0. The van der Waals surface area contributed by atoms with E-state index in [0.29, 0.717) is 24.5 Å². The molecule has 0 saturated carbocycles. The number of hydrogen-bond acceptors (Lipinski definition) is 3. The normalized spacial score (nSPS) is 16.7. The second kappa shape index (κ2) is 7.91. The highest BCUT2D eigenvalue weighted by molar-refractivity contribution is 9.10. The molecule has 3 rings (SSSR count). The van der Waals surface area contributed by atoms with Crippen molar-refractivity contribution in [3.05, 3.63) is 58.6 Å². The molecular weight excluding hydrogens is 396 g/mol. The summed E-state index contributed by atoms with van der Waals surface area (Å²) >= 11 is 3.51. The molecule has 2 aromatic rings. The van der Waals surface area contributed by atoms with Gasteiger partial charge in [0.05, 0.1) is 18.7 Å². The average Bonchev–Trinajstić information content (AvgIpc) is 3.04. The van der Waals surface area contributed by atoms with Gasteiger partial charge in [-0.3, -0.25) is 9.59 Å². The zero-order chi connectivity index (χ0) is 18.7. The molecule has 0 spiro atoms. The molecule has 1 aliphatic heterocycles. The van der Waals surface area contributed by atoms with E-state index >= 15 is 0 Å². The maximum absolute atomic E-state index is 12.8. The maximum Gasteiger partial charge on any atom is 0.228 e. The topological polar surface area (TPSA) is 49.9 Å². The van der Waals surface area contributed by atoms with Gasteiger partial charge in [-0.1, -0.05) is 46.3 Å². The van der Waals surface area contributed by atoms with Crippen LogP contribution in [0.25, 0.3) is 0 Å². The summed E-state index contributed by atoms with van der Waals surface area (Å²) in [4.78, 5) is 28.7. The van der Waals surface area contributed by atoms with Crippen LogP contribution in [0.1, 0.15) is 12.0 Å². The molecule has 2 aromatic carbocycles. The van der Waals surface area contributed by atoms with Crippen LogP contribution >= 0.6 is 15.9 Å². The van der Waals surface area contributed by atoms with E-state index in [1.54, 1.807) is 24.0 Å². The highest BCUT2D eigenvalue weighted by atomic mass is 79.9. The Morgan fingerprint density at radius 3 is 2.65 bits per heavy atom. The zero-order valence-corrected chi connectivity index (χ0v) is 16.4. The van der Waals surface area contributed by atoms with E-state index in [0.717, 1.165) is 10.0 Å². The van der Waals surface area contributed by atoms with Gasteiger partial charge in [0, 0.05) is 31.0 Å². The molecule has 26 heavy (non-hydrogen) atoms.